The first kappa shape index (κ1) is 13.4. The van der Waals surface area contributed by atoms with Crippen LogP contribution in [0.4, 0.5) is 4.39 Å². The van der Waals surface area contributed by atoms with Crippen LogP contribution in [0.1, 0.15) is 12.0 Å². The topological polar surface area (TPSA) is 33.6 Å². The average molecular weight is 268 g/mol. The molecule has 0 bridgehead atoms. The Hall–Kier alpha value is -1.07. The minimum absolute atomic E-state index is 0.194. The molecule has 1 fully saturated rings. The Bertz CT molecular complexity index is 425. The minimum Gasteiger partial charge on any atom is -0.385 e. The maximum Gasteiger partial charge on any atom is 0.157 e. The molecular formula is C13H17FN2OS. The first-order valence-corrected chi connectivity index (χ1v) is 6.94. The van der Waals surface area contributed by atoms with Gasteiger partial charge in [0.15, 0.2) is 5.17 Å². The predicted molar refractivity (Wildman–Crippen MR) is 73.4 cm³/mol. The maximum absolute atomic E-state index is 13.4. The largest absolute Gasteiger partial charge is 0.385 e. The number of nitrogens with zero attached hydrogens (tertiary/aromatic N) is 1. The molecule has 1 aromatic rings. The monoisotopic (exact) mass is 268 g/mol. The summed E-state index contributed by atoms with van der Waals surface area (Å²) >= 11 is 1.69. The molecule has 0 aromatic heterocycles. The molecule has 1 aliphatic rings. The Morgan fingerprint density at radius 2 is 2.33 bits per heavy atom. The highest BCUT2D eigenvalue weighted by Crippen LogP contribution is 2.17. The van der Waals surface area contributed by atoms with Gasteiger partial charge in [-0.3, -0.25) is 4.99 Å². The van der Waals surface area contributed by atoms with Crippen LogP contribution in [0.2, 0.25) is 0 Å². The summed E-state index contributed by atoms with van der Waals surface area (Å²) in [6, 6.07) is 7.16. The fraction of sp³-hybridized carbons (Fsp3) is 0.462. The van der Waals surface area contributed by atoms with Crippen molar-refractivity contribution in [3.63, 3.8) is 0 Å². The zero-order chi connectivity index (χ0) is 12.8. The molecule has 1 saturated heterocycles. The molecule has 1 heterocycles. The van der Waals surface area contributed by atoms with Crippen LogP contribution in [0.15, 0.2) is 29.3 Å². The second kappa shape index (κ2) is 6.75. The van der Waals surface area contributed by atoms with E-state index in [9.17, 15) is 4.39 Å². The third-order valence-corrected chi connectivity index (χ3v) is 3.86. The van der Waals surface area contributed by atoms with E-state index < -0.39 is 0 Å². The molecule has 1 N–H and O–H groups in total. The van der Waals surface area contributed by atoms with Gasteiger partial charge in [0, 0.05) is 31.1 Å². The molecule has 0 saturated carbocycles. The van der Waals surface area contributed by atoms with Crippen molar-refractivity contribution in [3.8, 4) is 0 Å². The summed E-state index contributed by atoms with van der Waals surface area (Å²) in [4.78, 5) is 4.40. The van der Waals surface area contributed by atoms with Crippen molar-refractivity contribution in [2.24, 2.45) is 4.99 Å². The summed E-state index contributed by atoms with van der Waals surface area (Å²) in [6.07, 6.45) is 0.974. The van der Waals surface area contributed by atoms with Gasteiger partial charge in [0.1, 0.15) is 5.82 Å². The highest BCUT2D eigenvalue weighted by atomic mass is 32.2. The van der Waals surface area contributed by atoms with E-state index in [-0.39, 0.29) is 5.82 Å². The van der Waals surface area contributed by atoms with E-state index in [1.54, 1.807) is 31.0 Å². The van der Waals surface area contributed by atoms with Crippen LogP contribution in [-0.4, -0.2) is 30.7 Å². The van der Waals surface area contributed by atoms with Crippen LogP contribution in [0.3, 0.4) is 0 Å². The Morgan fingerprint density at radius 1 is 1.50 bits per heavy atom. The van der Waals surface area contributed by atoms with Crippen molar-refractivity contribution < 1.29 is 9.13 Å². The first-order chi connectivity index (χ1) is 8.79. The van der Waals surface area contributed by atoms with E-state index in [1.807, 2.05) is 6.07 Å². The number of rotatable bonds is 5. The Kier molecular flexibility index (Phi) is 5.01. The van der Waals surface area contributed by atoms with Crippen molar-refractivity contribution >= 4 is 16.9 Å². The lowest BCUT2D eigenvalue weighted by atomic mass is 10.2. The summed E-state index contributed by atoms with van der Waals surface area (Å²) in [6.45, 7) is 1.14. The van der Waals surface area contributed by atoms with Gasteiger partial charge in [0.2, 0.25) is 0 Å². The van der Waals surface area contributed by atoms with Gasteiger partial charge in [-0.1, -0.05) is 30.0 Å². The Morgan fingerprint density at radius 3 is 3.11 bits per heavy atom. The molecule has 0 radical (unpaired) electrons. The van der Waals surface area contributed by atoms with Crippen LogP contribution < -0.4 is 5.32 Å². The molecule has 18 heavy (non-hydrogen) atoms. The van der Waals surface area contributed by atoms with Gasteiger partial charge in [-0.15, -0.1) is 0 Å². The van der Waals surface area contributed by atoms with Gasteiger partial charge < -0.3 is 10.1 Å². The lowest BCUT2D eigenvalue weighted by molar-refractivity contribution is 0.188. The Labute approximate surface area is 111 Å². The molecule has 1 aliphatic heterocycles. The maximum atomic E-state index is 13.4. The van der Waals surface area contributed by atoms with Crippen molar-refractivity contribution in [3.05, 3.63) is 35.6 Å². The average Bonchev–Trinajstić information content (AvgIpc) is 2.83. The zero-order valence-electron chi connectivity index (χ0n) is 10.4. The number of nitrogens with one attached hydrogen (secondary N) is 1. The molecule has 98 valence electrons. The van der Waals surface area contributed by atoms with Crippen LogP contribution >= 0.6 is 11.8 Å². The number of benzene rings is 1. The summed E-state index contributed by atoms with van der Waals surface area (Å²) in [5.74, 6) is 0.806. The second-order valence-corrected chi connectivity index (χ2v) is 5.16. The zero-order valence-corrected chi connectivity index (χ0v) is 11.2. The molecule has 1 aromatic carbocycles. The van der Waals surface area contributed by atoms with Crippen LogP contribution in [0, 0.1) is 5.82 Å². The standard InChI is InChI=1S/C13H17FN2OS/c1-17-7-6-11-9-18-13(16-11)15-8-10-4-2-3-5-12(10)14/h2-5,11H,6-9H2,1H3,(H,15,16). The quantitative estimate of drug-likeness (QED) is 0.890. The SMILES string of the molecule is COCCC1CSC(=NCc2ccccc2F)N1. The minimum atomic E-state index is -0.194. The predicted octanol–water partition coefficient (Wildman–Crippen LogP) is 2.42. The number of hydrogen-bond acceptors (Lipinski definition) is 3. The van der Waals surface area contributed by atoms with E-state index in [0.29, 0.717) is 18.2 Å². The Balaban J connectivity index is 1.86. The molecule has 0 aliphatic carbocycles. The molecule has 0 amide bonds. The van der Waals surface area contributed by atoms with Crippen LogP contribution in [0.5, 0.6) is 0 Å². The fourth-order valence-corrected chi connectivity index (χ4v) is 2.74. The number of aliphatic imine (C=N–C) groups is 1. The normalized spacial score (nSPS) is 21.2. The number of ether oxygens (including phenoxy) is 1. The van der Waals surface area contributed by atoms with Gasteiger partial charge in [0.05, 0.1) is 6.54 Å². The summed E-state index contributed by atoms with van der Waals surface area (Å²) in [7, 11) is 1.70. The van der Waals surface area contributed by atoms with Crippen molar-refractivity contribution in [1.82, 2.24) is 5.32 Å². The lowest BCUT2D eigenvalue weighted by Gasteiger charge is -2.08. The molecule has 2 rings (SSSR count). The van der Waals surface area contributed by atoms with Crippen molar-refractivity contribution in [2.75, 3.05) is 19.5 Å². The van der Waals surface area contributed by atoms with E-state index in [0.717, 1.165) is 23.9 Å². The van der Waals surface area contributed by atoms with Gasteiger partial charge in [-0.05, 0) is 12.5 Å². The molecule has 5 heteroatoms. The van der Waals surface area contributed by atoms with Crippen LogP contribution in [0.25, 0.3) is 0 Å². The number of amidine groups is 1. The first-order valence-electron chi connectivity index (χ1n) is 5.95. The fourth-order valence-electron chi connectivity index (χ4n) is 1.73. The highest BCUT2D eigenvalue weighted by Gasteiger charge is 2.19. The number of methoxy groups -OCH3 is 1. The van der Waals surface area contributed by atoms with E-state index in [2.05, 4.69) is 10.3 Å². The van der Waals surface area contributed by atoms with E-state index >= 15 is 0 Å². The van der Waals surface area contributed by atoms with Crippen molar-refractivity contribution in [1.29, 1.82) is 0 Å². The molecular weight excluding hydrogens is 251 g/mol. The third kappa shape index (κ3) is 3.71. The molecule has 3 nitrogen and oxygen atoms in total. The molecule has 1 atom stereocenters. The summed E-state index contributed by atoms with van der Waals surface area (Å²) in [5.41, 5.74) is 0.632. The van der Waals surface area contributed by atoms with Gasteiger partial charge in [-0.25, -0.2) is 4.39 Å². The third-order valence-electron chi connectivity index (χ3n) is 2.77. The van der Waals surface area contributed by atoms with E-state index in [4.69, 9.17) is 4.74 Å². The summed E-state index contributed by atoms with van der Waals surface area (Å²) < 4.78 is 18.4. The van der Waals surface area contributed by atoms with Gasteiger partial charge in [-0.2, -0.15) is 0 Å². The number of hydrogen-bond donors (Lipinski definition) is 1. The number of thioether (sulfide) groups is 1. The van der Waals surface area contributed by atoms with E-state index in [1.165, 1.54) is 6.07 Å². The van der Waals surface area contributed by atoms with Crippen molar-refractivity contribution in [2.45, 2.75) is 19.0 Å². The lowest BCUT2D eigenvalue weighted by Crippen LogP contribution is -2.28. The molecule has 0 spiro atoms. The van der Waals surface area contributed by atoms with Gasteiger partial charge >= 0.3 is 0 Å². The van der Waals surface area contributed by atoms with Gasteiger partial charge in [0.25, 0.3) is 0 Å². The van der Waals surface area contributed by atoms with Crippen LogP contribution in [-0.2, 0) is 11.3 Å². The molecule has 1 unspecified atom stereocenters. The summed E-state index contributed by atoms with van der Waals surface area (Å²) in [5, 5.41) is 4.23. The highest BCUT2D eigenvalue weighted by molar-refractivity contribution is 8.14. The second-order valence-electron chi connectivity index (χ2n) is 4.15. The smallest absolute Gasteiger partial charge is 0.157 e. The number of halogens is 1.